The van der Waals surface area contributed by atoms with Crippen LogP contribution in [0.3, 0.4) is 0 Å². The van der Waals surface area contributed by atoms with E-state index >= 15 is 0 Å². The van der Waals surface area contributed by atoms with E-state index in [1.165, 1.54) is 11.1 Å². The molecule has 0 aliphatic rings. The van der Waals surface area contributed by atoms with Crippen LogP contribution in [0.2, 0.25) is 0 Å². The highest BCUT2D eigenvalue weighted by atomic mass is 15.1. The number of hydrogen-bond donors (Lipinski definition) is 0. The van der Waals surface area contributed by atoms with E-state index < -0.39 is 0 Å². The molecule has 76 valence electrons. The van der Waals surface area contributed by atoms with Crippen molar-refractivity contribution in [2.75, 3.05) is 0 Å². The quantitative estimate of drug-likeness (QED) is 0.610. The number of rotatable bonds is 1. The van der Waals surface area contributed by atoms with Gasteiger partial charge in [0.2, 0.25) is 0 Å². The van der Waals surface area contributed by atoms with Gasteiger partial charge in [0.25, 0.3) is 0 Å². The van der Waals surface area contributed by atoms with Crippen LogP contribution >= 0.6 is 0 Å². The zero-order chi connectivity index (χ0) is 10.8. The maximum atomic E-state index is 3.90. The Hall–Kier alpha value is -2.22. The predicted octanol–water partition coefficient (Wildman–Crippen LogP) is 3.30. The van der Waals surface area contributed by atoms with Crippen molar-refractivity contribution in [1.82, 2.24) is 10.2 Å². The number of nitrogens with zero attached hydrogens (tertiary/aromatic N) is 2. The lowest BCUT2D eigenvalue weighted by Crippen LogP contribution is -1.82. The largest absolute Gasteiger partial charge is 0.158 e. The number of benzene rings is 2. The lowest BCUT2D eigenvalue weighted by Gasteiger charge is -2.02. The smallest absolute Gasteiger partial charge is 0.0574 e. The third-order valence-electron chi connectivity index (χ3n) is 2.65. The Balaban J connectivity index is 2.19. The van der Waals surface area contributed by atoms with Crippen LogP contribution in [-0.2, 0) is 0 Å². The molecule has 0 saturated heterocycles. The minimum atomic E-state index is 1.12. The van der Waals surface area contributed by atoms with Gasteiger partial charge >= 0.3 is 0 Å². The summed E-state index contributed by atoms with van der Waals surface area (Å²) in [4.78, 5) is 0. The maximum Gasteiger partial charge on any atom is 0.0574 e. The molecule has 0 aliphatic heterocycles. The van der Waals surface area contributed by atoms with E-state index in [1.54, 1.807) is 12.4 Å². The molecule has 2 aromatic carbocycles. The molecule has 0 unspecified atom stereocenters. The van der Waals surface area contributed by atoms with Crippen LogP contribution in [0.15, 0.2) is 60.9 Å². The molecule has 1 heterocycles. The van der Waals surface area contributed by atoms with Crippen molar-refractivity contribution in [1.29, 1.82) is 0 Å². The lowest BCUT2D eigenvalue weighted by atomic mass is 10.0. The van der Waals surface area contributed by atoms with Gasteiger partial charge in [0.1, 0.15) is 0 Å². The first-order chi connectivity index (χ1) is 7.93. The third kappa shape index (κ3) is 1.54. The topological polar surface area (TPSA) is 25.8 Å². The molecule has 0 bridgehead atoms. The summed E-state index contributed by atoms with van der Waals surface area (Å²) in [5, 5.41) is 10.0. The van der Waals surface area contributed by atoms with Crippen molar-refractivity contribution in [3.63, 3.8) is 0 Å². The first-order valence-corrected chi connectivity index (χ1v) is 5.19. The van der Waals surface area contributed by atoms with Crippen LogP contribution < -0.4 is 0 Å². The Morgan fingerprint density at radius 3 is 2.19 bits per heavy atom. The number of hydrogen-bond acceptors (Lipinski definition) is 2. The fraction of sp³-hybridized carbons (Fsp3) is 0. The zero-order valence-electron chi connectivity index (χ0n) is 8.67. The standard InChI is InChI=1S/C14H10N2/c1-2-4-11(5-3-1)12-6-7-13-9-15-16-10-14(13)8-12/h1-10H. The molecule has 0 fully saturated rings. The average Bonchev–Trinajstić information content (AvgIpc) is 2.39. The Kier molecular flexibility index (Phi) is 2.11. The summed E-state index contributed by atoms with van der Waals surface area (Å²) in [6, 6.07) is 16.7. The van der Waals surface area contributed by atoms with Gasteiger partial charge < -0.3 is 0 Å². The molecule has 0 radical (unpaired) electrons. The molecule has 3 rings (SSSR count). The van der Waals surface area contributed by atoms with Crippen molar-refractivity contribution in [2.24, 2.45) is 0 Å². The Labute approximate surface area is 93.6 Å². The first-order valence-electron chi connectivity index (χ1n) is 5.19. The molecule has 0 N–H and O–H groups in total. The van der Waals surface area contributed by atoms with Gasteiger partial charge in [-0.05, 0) is 17.2 Å². The summed E-state index contributed by atoms with van der Waals surface area (Å²) < 4.78 is 0. The molecule has 2 heteroatoms. The van der Waals surface area contributed by atoms with Crippen LogP contribution in [0.25, 0.3) is 21.9 Å². The molecule has 0 saturated carbocycles. The van der Waals surface area contributed by atoms with Gasteiger partial charge in [-0.1, -0.05) is 42.5 Å². The first kappa shape index (κ1) is 9.04. The van der Waals surface area contributed by atoms with E-state index in [4.69, 9.17) is 0 Å². The highest BCUT2D eigenvalue weighted by Crippen LogP contribution is 2.22. The van der Waals surface area contributed by atoms with Crippen LogP contribution in [0.4, 0.5) is 0 Å². The second-order valence-corrected chi connectivity index (χ2v) is 3.70. The van der Waals surface area contributed by atoms with E-state index in [1.807, 2.05) is 18.2 Å². The fourth-order valence-corrected chi connectivity index (χ4v) is 1.81. The Morgan fingerprint density at radius 1 is 0.625 bits per heavy atom. The molecule has 0 atom stereocenters. The molecule has 16 heavy (non-hydrogen) atoms. The minimum absolute atomic E-state index is 1.12. The summed E-state index contributed by atoms with van der Waals surface area (Å²) in [7, 11) is 0. The van der Waals surface area contributed by atoms with E-state index in [9.17, 15) is 0 Å². The minimum Gasteiger partial charge on any atom is -0.158 e. The molecular formula is C14H10N2. The molecule has 0 spiro atoms. The number of fused-ring (bicyclic) bond motifs is 1. The van der Waals surface area contributed by atoms with Crippen molar-refractivity contribution in [3.8, 4) is 11.1 Å². The average molecular weight is 206 g/mol. The summed E-state index contributed by atoms with van der Waals surface area (Å²) >= 11 is 0. The summed E-state index contributed by atoms with van der Waals surface area (Å²) in [5.74, 6) is 0. The predicted molar refractivity (Wildman–Crippen MR) is 65.0 cm³/mol. The molecule has 1 aromatic heterocycles. The molecule has 0 amide bonds. The molecule has 0 aliphatic carbocycles. The molecule has 2 nitrogen and oxygen atoms in total. The van der Waals surface area contributed by atoms with Gasteiger partial charge in [-0.15, -0.1) is 0 Å². The Bertz CT molecular complexity index is 618. The van der Waals surface area contributed by atoms with Crippen LogP contribution in [-0.4, -0.2) is 10.2 Å². The van der Waals surface area contributed by atoms with Crippen molar-refractivity contribution >= 4 is 10.8 Å². The van der Waals surface area contributed by atoms with E-state index in [2.05, 4.69) is 40.5 Å². The van der Waals surface area contributed by atoms with Crippen LogP contribution in [0.1, 0.15) is 0 Å². The van der Waals surface area contributed by atoms with Crippen molar-refractivity contribution in [2.45, 2.75) is 0 Å². The normalized spacial score (nSPS) is 10.5. The second-order valence-electron chi connectivity index (χ2n) is 3.70. The SMILES string of the molecule is c1ccc(-c2ccc3cnncc3c2)cc1. The van der Waals surface area contributed by atoms with E-state index in [0.717, 1.165) is 10.8 Å². The van der Waals surface area contributed by atoms with Gasteiger partial charge in [-0.3, -0.25) is 0 Å². The Morgan fingerprint density at radius 2 is 1.38 bits per heavy atom. The highest BCUT2D eigenvalue weighted by Gasteiger charge is 1.98. The van der Waals surface area contributed by atoms with Gasteiger partial charge in [0.15, 0.2) is 0 Å². The van der Waals surface area contributed by atoms with Gasteiger partial charge in [0, 0.05) is 10.8 Å². The maximum absolute atomic E-state index is 3.90. The fourth-order valence-electron chi connectivity index (χ4n) is 1.81. The van der Waals surface area contributed by atoms with E-state index in [-0.39, 0.29) is 0 Å². The zero-order valence-corrected chi connectivity index (χ0v) is 8.67. The second kappa shape index (κ2) is 3.74. The third-order valence-corrected chi connectivity index (χ3v) is 2.65. The lowest BCUT2D eigenvalue weighted by molar-refractivity contribution is 1.05. The molecule has 3 aromatic rings. The highest BCUT2D eigenvalue weighted by molar-refractivity contribution is 5.85. The van der Waals surface area contributed by atoms with Crippen LogP contribution in [0, 0.1) is 0 Å². The monoisotopic (exact) mass is 206 g/mol. The van der Waals surface area contributed by atoms with Crippen molar-refractivity contribution in [3.05, 3.63) is 60.9 Å². The van der Waals surface area contributed by atoms with Gasteiger partial charge in [-0.25, -0.2) is 0 Å². The molecular weight excluding hydrogens is 196 g/mol. The summed E-state index contributed by atoms with van der Waals surface area (Å²) in [5.41, 5.74) is 2.43. The van der Waals surface area contributed by atoms with Gasteiger partial charge in [-0.2, -0.15) is 10.2 Å². The van der Waals surface area contributed by atoms with Crippen molar-refractivity contribution < 1.29 is 0 Å². The van der Waals surface area contributed by atoms with Gasteiger partial charge in [0.05, 0.1) is 12.4 Å². The summed E-state index contributed by atoms with van der Waals surface area (Å²) in [6.07, 6.45) is 3.58. The number of aromatic nitrogens is 2. The van der Waals surface area contributed by atoms with Crippen LogP contribution in [0.5, 0.6) is 0 Å². The summed E-state index contributed by atoms with van der Waals surface area (Å²) in [6.45, 7) is 0. The van der Waals surface area contributed by atoms with E-state index in [0.29, 0.717) is 0 Å².